The lowest BCUT2D eigenvalue weighted by Crippen LogP contribution is -2.40. The van der Waals surface area contributed by atoms with Gasteiger partial charge in [0.2, 0.25) is 0 Å². The van der Waals surface area contributed by atoms with Crippen molar-refractivity contribution in [1.29, 1.82) is 0 Å². The van der Waals surface area contributed by atoms with E-state index in [1.54, 1.807) is 37.6 Å². The van der Waals surface area contributed by atoms with Crippen molar-refractivity contribution in [3.63, 3.8) is 0 Å². The lowest BCUT2D eigenvalue weighted by molar-refractivity contribution is 0.370. The molecule has 26 heavy (non-hydrogen) atoms. The first-order valence-corrected chi connectivity index (χ1v) is 8.79. The first-order chi connectivity index (χ1) is 12.5. The van der Waals surface area contributed by atoms with Gasteiger partial charge in [0.1, 0.15) is 5.75 Å². The van der Waals surface area contributed by atoms with E-state index < -0.39 is 5.82 Å². The topological polar surface area (TPSA) is 49.8 Å². The molecule has 0 radical (unpaired) electrons. The van der Waals surface area contributed by atoms with Crippen LogP contribution in [-0.2, 0) is 6.54 Å². The minimum absolute atomic E-state index is 0.187. The molecule has 3 rings (SSSR count). The van der Waals surface area contributed by atoms with E-state index in [0.717, 1.165) is 31.0 Å². The van der Waals surface area contributed by atoms with Crippen LogP contribution in [0.1, 0.15) is 25.8 Å². The van der Waals surface area contributed by atoms with Crippen LogP contribution in [0.4, 0.5) is 4.39 Å². The highest BCUT2D eigenvalue weighted by atomic mass is 19.1. The molecule has 1 N–H and O–H groups in total. The molecule has 6 heteroatoms. The number of pyridine rings is 1. The molecule has 2 aromatic rings. The summed E-state index contributed by atoms with van der Waals surface area (Å²) in [4.78, 5) is 10.6. The van der Waals surface area contributed by atoms with Gasteiger partial charge in [0.05, 0.1) is 6.20 Å². The van der Waals surface area contributed by atoms with Crippen LogP contribution < -0.4 is 10.1 Å². The molecule has 0 saturated carbocycles. The Labute approximate surface area is 153 Å². The van der Waals surface area contributed by atoms with E-state index in [1.165, 1.54) is 6.07 Å². The molecule has 1 aromatic carbocycles. The number of aliphatic imine (C=N–C) groups is 1. The summed E-state index contributed by atoms with van der Waals surface area (Å²) in [5.74, 6) is 1.15. The summed E-state index contributed by atoms with van der Waals surface area (Å²) >= 11 is 0. The Hall–Kier alpha value is -2.63. The molecule has 2 heterocycles. The van der Waals surface area contributed by atoms with Gasteiger partial charge in [-0.05, 0) is 41.7 Å². The van der Waals surface area contributed by atoms with Crippen molar-refractivity contribution in [1.82, 2.24) is 15.2 Å². The van der Waals surface area contributed by atoms with Crippen LogP contribution in [-0.4, -0.2) is 36.0 Å². The smallest absolute Gasteiger partial charge is 0.193 e. The normalized spacial score (nSPS) is 16.6. The van der Waals surface area contributed by atoms with E-state index in [2.05, 4.69) is 34.0 Å². The number of likely N-dealkylation sites (tertiary alicyclic amines) is 1. The number of halogens is 1. The molecule has 138 valence electrons. The summed E-state index contributed by atoms with van der Waals surface area (Å²) in [5.41, 5.74) is 1.13. The Morgan fingerprint density at radius 3 is 2.85 bits per heavy atom. The summed E-state index contributed by atoms with van der Waals surface area (Å²) in [6, 6.07) is 8.46. The number of benzene rings is 1. The number of guanidine groups is 1. The van der Waals surface area contributed by atoms with E-state index in [0.29, 0.717) is 17.7 Å². The van der Waals surface area contributed by atoms with Gasteiger partial charge in [0.25, 0.3) is 0 Å². The number of ether oxygens (including phenoxy) is 1. The van der Waals surface area contributed by atoms with Crippen molar-refractivity contribution in [2.45, 2.75) is 26.8 Å². The first-order valence-electron chi connectivity index (χ1n) is 8.79. The number of rotatable bonds is 4. The molecule has 0 bridgehead atoms. The van der Waals surface area contributed by atoms with Crippen molar-refractivity contribution in [3.05, 3.63) is 54.1 Å². The molecule has 0 aliphatic carbocycles. The van der Waals surface area contributed by atoms with Crippen LogP contribution in [0.2, 0.25) is 0 Å². The Morgan fingerprint density at radius 2 is 2.23 bits per heavy atom. The van der Waals surface area contributed by atoms with Crippen molar-refractivity contribution >= 4 is 5.96 Å². The maximum Gasteiger partial charge on any atom is 0.193 e. The van der Waals surface area contributed by atoms with Crippen LogP contribution in [0.25, 0.3) is 0 Å². The van der Waals surface area contributed by atoms with E-state index in [-0.39, 0.29) is 5.75 Å². The van der Waals surface area contributed by atoms with E-state index in [9.17, 15) is 4.39 Å². The Kier molecular flexibility index (Phi) is 5.40. The standard InChI is InChI=1S/C20H25FN4O/c1-20(2)8-10-25(14-20)19(22-3)24-12-15-6-7-18(17(21)11-15)26-16-5-4-9-23-13-16/h4-7,9,11,13H,8,10,12,14H2,1-3H3,(H,22,24). The largest absolute Gasteiger partial charge is 0.453 e. The first kappa shape index (κ1) is 18.2. The Bertz CT molecular complexity index is 777. The number of hydrogen-bond donors (Lipinski definition) is 1. The molecule has 0 atom stereocenters. The van der Waals surface area contributed by atoms with Gasteiger partial charge in [-0.25, -0.2) is 4.39 Å². The summed E-state index contributed by atoms with van der Waals surface area (Å²) in [6.07, 6.45) is 4.34. The highest BCUT2D eigenvalue weighted by Crippen LogP contribution is 2.29. The fourth-order valence-electron chi connectivity index (χ4n) is 3.08. The second kappa shape index (κ2) is 7.72. The number of nitrogens with zero attached hydrogens (tertiary/aromatic N) is 3. The predicted molar refractivity (Wildman–Crippen MR) is 101 cm³/mol. The molecule has 1 aliphatic heterocycles. The maximum atomic E-state index is 14.3. The van der Waals surface area contributed by atoms with Crippen LogP contribution in [0.3, 0.4) is 0 Å². The van der Waals surface area contributed by atoms with Gasteiger partial charge in [-0.3, -0.25) is 9.98 Å². The van der Waals surface area contributed by atoms with Crippen molar-refractivity contribution in [2.75, 3.05) is 20.1 Å². The lowest BCUT2D eigenvalue weighted by atomic mass is 9.93. The minimum atomic E-state index is -0.398. The summed E-state index contributed by atoms with van der Waals surface area (Å²) in [7, 11) is 1.78. The number of aromatic nitrogens is 1. The van der Waals surface area contributed by atoms with E-state index >= 15 is 0 Å². The molecule has 5 nitrogen and oxygen atoms in total. The van der Waals surface area contributed by atoms with Crippen LogP contribution in [0.5, 0.6) is 11.5 Å². The highest BCUT2D eigenvalue weighted by Gasteiger charge is 2.30. The summed E-state index contributed by atoms with van der Waals surface area (Å²) in [6.45, 7) is 6.98. The Balaban J connectivity index is 1.61. The van der Waals surface area contributed by atoms with Crippen LogP contribution >= 0.6 is 0 Å². The molecular weight excluding hydrogens is 331 g/mol. The third-order valence-corrected chi connectivity index (χ3v) is 4.50. The number of nitrogens with one attached hydrogen (secondary N) is 1. The predicted octanol–water partition coefficient (Wildman–Crippen LogP) is 3.82. The van der Waals surface area contributed by atoms with Gasteiger partial charge in [0.15, 0.2) is 17.5 Å². The van der Waals surface area contributed by atoms with Crippen molar-refractivity contribution in [3.8, 4) is 11.5 Å². The molecule has 0 unspecified atom stereocenters. The van der Waals surface area contributed by atoms with Gasteiger partial charge >= 0.3 is 0 Å². The van der Waals surface area contributed by atoms with E-state index in [1.807, 2.05) is 6.07 Å². The van der Waals surface area contributed by atoms with Gasteiger partial charge in [-0.15, -0.1) is 0 Å². The summed E-state index contributed by atoms with van der Waals surface area (Å²) in [5, 5.41) is 3.32. The zero-order valence-corrected chi connectivity index (χ0v) is 15.5. The third kappa shape index (κ3) is 4.50. The van der Waals surface area contributed by atoms with Gasteiger partial charge in [-0.2, -0.15) is 0 Å². The average Bonchev–Trinajstić information content (AvgIpc) is 2.98. The average molecular weight is 356 g/mol. The van der Waals surface area contributed by atoms with E-state index in [4.69, 9.17) is 4.74 Å². The van der Waals surface area contributed by atoms with Crippen molar-refractivity contribution < 1.29 is 9.13 Å². The lowest BCUT2D eigenvalue weighted by Gasteiger charge is -2.23. The zero-order valence-electron chi connectivity index (χ0n) is 15.5. The molecular formula is C20H25FN4O. The maximum absolute atomic E-state index is 14.3. The summed E-state index contributed by atoms with van der Waals surface area (Å²) < 4.78 is 19.9. The molecule has 1 aliphatic rings. The fraction of sp³-hybridized carbons (Fsp3) is 0.400. The Morgan fingerprint density at radius 1 is 1.38 bits per heavy atom. The fourth-order valence-corrected chi connectivity index (χ4v) is 3.08. The van der Waals surface area contributed by atoms with Crippen LogP contribution in [0, 0.1) is 11.2 Å². The molecule has 0 amide bonds. The van der Waals surface area contributed by atoms with Crippen LogP contribution in [0.15, 0.2) is 47.7 Å². The number of hydrogen-bond acceptors (Lipinski definition) is 3. The third-order valence-electron chi connectivity index (χ3n) is 4.50. The molecule has 1 aromatic heterocycles. The highest BCUT2D eigenvalue weighted by molar-refractivity contribution is 5.80. The second-order valence-corrected chi connectivity index (χ2v) is 7.29. The zero-order chi connectivity index (χ0) is 18.6. The monoisotopic (exact) mass is 356 g/mol. The molecule has 1 fully saturated rings. The van der Waals surface area contributed by atoms with Gasteiger partial charge in [-0.1, -0.05) is 19.9 Å². The van der Waals surface area contributed by atoms with Gasteiger partial charge in [0, 0.05) is 32.9 Å². The molecule has 1 saturated heterocycles. The SMILES string of the molecule is CN=C(NCc1ccc(Oc2cccnc2)c(F)c1)N1CCC(C)(C)C1. The quantitative estimate of drug-likeness (QED) is 0.668. The van der Waals surface area contributed by atoms with Gasteiger partial charge < -0.3 is 15.0 Å². The van der Waals surface area contributed by atoms with Crippen molar-refractivity contribution in [2.24, 2.45) is 10.4 Å². The molecule has 0 spiro atoms. The minimum Gasteiger partial charge on any atom is -0.453 e. The second-order valence-electron chi connectivity index (χ2n) is 7.29.